The SMILES string of the molecule is Brc1cc(-c2cc3ccccc3cc2Br)c(Br)cc1-c1cc(C2=CCCS2)c(-c2cccs2)cc1Br. The van der Waals surface area contributed by atoms with Gasteiger partial charge in [-0.1, -0.05) is 100 Å². The Kier molecular flexibility index (Phi) is 7.37. The van der Waals surface area contributed by atoms with E-state index in [4.69, 9.17) is 0 Å². The van der Waals surface area contributed by atoms with Crippen LogP contribution in [-0.4, -0.2) is 5.75 Å². The zero-order valence-corrected chi connectivity index (χ0v) is 26.8. The van der Waals surface area contributed by atoms with E-state index in [1.807, 2.05) is 11.8 Å². The summed E-state index contributed by atoms with van der Waals surface area (Å²) in [5.41, 5.74) is 7.22. The zero-order chi connectivity index (χ0) is 24.8. The molecule has 0 atom stereocenters. The zero-order valence-electron chi connectivity index (χ0n) is 18.8. The molecule has 1 aromatic heterocycles. The third kappa shape index (κ3) is 4.74. The van der Waals surface area contributed by atoms with E-state index >= 15 is 0 Å². The van der Waals surface area contributed by atoms with Crippen molar-refractivity contribution in [1.29, 1.82) is 0 Å². The average molecular weight is 762 g/mol. The molecule has 1 aliphatic rings. The van der Waals surface area contributed by atoms with Gasteiger partial charge in [-0.3, -0.25) is 0 Å². The Morgan fingerprint density at radius 2 is 1.14 bits per heavy atom. The highest BCUT2D eigenvalue weighted by Crippen LogP contribution is 2.47. The van der Waals surface area contributed by atoms with E-state index < -0.39 is 0 Å². The van der Waals surface area contributed by atoms with Gasteiger partial charge in [0.25, 0.3) is 0 Å². The molecular formula is C30H18Br4S2. The minimum atomic E-state index is 1.06. The third-order valence-corrected chi connectivity index (χ3v) is 11.0. The van der Waals surface area contributed by atoms with E-state index in [1.165, 1.54) is 37.2 Å². The molecule has 0 nitrogen and oxygen atoms in total. The minimum Gasteiger partial charge on any atom is -0.144 e. The number of benzene rings is 4. The van der Waals surface area contributed by atoms with Crippen molar-refractivity contribution in [3.63, 3.8) is 0 Å². The Labute approximate surface area is 252 Å². The molecule has 0 radical (unpaired) electrons. The van der Waals surface area contributed by atoms with Crippen molar-refractivity contribution >= 4 is 102 Å². The Morgan fingerprint density at radius 1 is 0.556 bits per heavy atom. The lowest BCUT2D eigenvalue weighted by Crippen LogP contribution is -1.92. The molecule has 1 aliphatic heterocycles. The molecule has 0 unspecified atom stereocenters. The van der Waals surface area contributed by atoms with Crippen LogP contribution in [0.2, 0.25) is 0 Å². The first-order chi connectivity index (χ1) is 17.5. The standard InChI is InChI=1S/C30H18Br4S2/c31-25-12-18-6-2-1-5-17(18)11-19(25)21-14-27(33)22(15-26(21)32)20-13-23(29-7-3-9-35-29)24(16-28(20)34)30-8-4-10-36-30/h1-2,4-8,10-16H,3,9H2. The number of thioether (sulfide) groups is 1. The van der Waals surface area contributed by atoms with Crippen LogP contribution < -0.4 is 0 Å². The summed E-state index contributed by atoms with van der Waals surface area (Å²) in [6.07, 6.45) is 3.50. The van der Waals surface area contributed by atoms with Crippen LogP contribution in [0, 0.1) is 0 Å². The second-order valence-corrected chi connectivity index (χ2v) is 14.1. The molecule has 0 N–H and O–H groups in total. The minimum absolute atomic E-state index is 1.06. The van der Waals surface area contributed by atoms with Crippen molar-refractivity contribution in [2.24, 2.45) is 0 Å². The van der Waals surface area contributed by atoms with E-state index in [0.717, 1.165) is 46.8 Å². The monoisotopic (exact) mass is 758 g/mol. The Bertz CT molecular complexity index is 1650. The van der Waals surface area contributed by atoms with Crippen LogP contribution in [0.4, 0.5) is 0 Å². The highest BCUT2D eigenvalue weighted by molar-refractivity contribution is 9.11. The number of hydrogen-bond acceptors (Lipinski definition) is 2. The van der Waals surface area contributed by atoms with Gasteiger partial charge in [0.15, 0.2) is 0 Å². The largest absolute Gasteiger partial charge is 0.144 e. The van der Waals surface area contributed by atoms with Gasteiger partial charge in [0, 0.05) is 39.0 Å². The lowest BCUT2D eigenvalue weighted by Gasteiger charge is -2.17. The summed E-state index contributed by atoms with van der Waals surface area (Å²) < 4.78 is 4.28. The average Bonchev–Trinajstić information content (AvgIpc) is 3.60. The lowest BCUT2D eigenvalue weighted by atomic mass is 9.95. The van der Waals surface area contributed by atoms with Gasteiger partial charge in [-0.05, 0) is 92.9 Å². The molecular weight excluding hydrogens is 744 g/mol. The van der Waals surface area contributed by atoms with Crippen LogP contribution in [0.3, 0.4) is 0 Å². The summed E-state index contributed by atoms with van der Waals surface area (Å²) in [4.78, 5) is 2.67. The molecule has 0 saturated heterocycles. The van der Waals surface area contributed by atoms with E-state index in [2.05, 4.69) is 148 Å². The molecule has 0 fully saturated rings. The summed E-state index contributed by atoms with van der Waals surface area (Å²) in [6, 6.07) is 26.3. The Balaban J connectivity index is 1.50. The van der Waals surface area contributed by atoms with Crippen molar-refractivity contribution in [3.8, 4) is 32.7 Å². The Morgan fingerprint density at radius 3 is 1.75 bits per heavy atom. The van der Waals surface area contributed by atoms with E-state index in [-0.39, 0.29) is 0 Å². The van der Waals surface area contributed by atoms with Gasteiger partial charge < -0.3 is 0 Å². The van der Waals surface area contributed by atoms with Gasteiger partial charge in [0.05, 0.1) is 0 Å². The fourth-order valence-electron chi connectivity index (χ4n) is 4.60. The molecule has 0 saturated carbocycles. The van der Waals surface area contributed by atoms with Crippen molar-refractivity contribution in [2.75, 3.05) is 5.75 Å². The maximum absolute atomic E-state index is 3.91. The summed E-state index contributed by atoms with van der Waals surface area (Å²) in [6.45, 7) is 0. The fraction of sp³-hybridized carbons (Fsp3) is 0.0667. The van der Waals surface area contributed by atoms with Gasteiger partial charge in [-0.15, -0.1) is 23.1 Å². The predicted molar refractivity (Wildman–Crippen MR) is 174 cm³/mol. The maximum atomic E-state index is 3.91. The molecule has 6 heteroatoms. The van der Waals surface area contributed by atoms with Crippen LogP contribution in [0.25, 0.3) is 48.4 Å². The summed E-state index contributed by atoms with van der Waals surface area (Å²) >= 11 is 19.3. The molecule has 0 bridgehead atoms. The summed E-state index contributed by atoms with van der Waals surface area (Å²) in [7, 11) is 0. The van der Waals surface area contributed by atoms with E-state index in [1.54, 1.807) is 11.3 Å². The van der Waals surface area contributed by atoms with E-state index in [0.29, 0.717) is 0 Å². The first-order valence-electron chi connectivity index (χ1n) is 11.4. The van der Waals surface area contributed by atoms with E-state index in [9.17, 15) is 0 Å². The number of allylic oxidation sites excluding steroid dienone is 1. The molecule has 5 aromatic rings. The lowest BCUT2D eigenvalue weighted by molar-refractivity contribution is 1.28. The summed E-state index contributed by atoms with van der Waals surface area (Å²) in [5, 5.41) is 4.59. The van der Waals surface area contributed by atoms with Gasteiger partial charge in [-0.2, -0.15) is 0 Å². The number of hydrogen-bond donors (Lipinski definition) is 0. The summed E-state index contributed by atoms with van der Waals surface area (Å²) in [5.74, 6) is 1.15. The number of halogens is 4. The van der Waals surface area contributed by atoms with Crippen LogP contribution >= 0.6 is 86.8 Å². The second-order valence-electron chi connectivity index (χ2n) is 8.55. The van der Waals surface area contributed by atoms with Crippen LogP contribution in [0.5, 0.6) is 0 Å². The quantitative estimate of drug-likeness (QED) is 0.176. The maximum Gasteiger partial charge on any atom is 0.0349 e. The van der Waals surface area contributed by atoms with Crippen molar-refractivity contribution in [2.45, 2.75) is 6.42 Å². The molecule has 6 rings (SSSR count). The van der Waals surface area contributed by atoms with Gasteiger partial charge in [0.2, 0.25) is 0 Å². The van der Waals surface area contributed by atoms with Crippen molar-refractivity contribution in [1.82, 2.24) is 0 Å². The van der Waals surface area contributed by atoms with Gasteiger partial charge in [0.1, 0.15) is 0 Å². The molecule has 0 spiro atoms. The van der Waals surface area contributed by atoms with Crippen molar-refractivity contribution in [3.05, 3.63) is 108 Å². The first kappa shape index (κ1) is 25.1. The number of rotatable bonds is 4. The normalized spacial score (nSPS) is 13.4. The fourth-order valence-corrected chi connectivity index (χ4v) is 8.62. The molecule has 4 aromatic carbocycles. The first-order valence-corrected chi connectivity index (χ1v) is 16.4. The molecule has 0 amide bonds. The molecule has 0 aliphatic carbocycles. The van der Waals surface area contributed by atoms with Gasteiger partial charge in [-0.25, -0.2) is 0 Å². The van der Waals surface area contributed by atoms with Crippen LogP contribution in [0.15, 0.2) is 102 Å². The number of fused-ring (bicyclic) bond motifs is 1. The second kappa shape index (κ2) is 10.5. The molecule has 178 valence electrons. The molecule has 36 heavy (non-hydrogen) atoms. The van der Waals surface area contributed by atoms with Crippen LogP contribution in [-0.2, 0) is 0 Å². The van der Waals surface area contributed by atoms with Crippen LogP contribution in [0.1, 0.15) is 12.0 Å². The Hall–Kier alpha value is -1.15. The van der Waals surface area contributed by atoms with Crippen molar-refractivity contribution < 1.29 is 0 Å². The smallest absolute Gasteiger partial charge is 0.0349 e. The third-order valence-electron chi connectivity index (χ3n) is 6.34. The predicted octanol–water partition coefficient (Wildman–Crippen LogP) is 12.4. The topological polar surface area (TPSA) is 0 Å². The highest BCUT2D eigenvalue weighted by atomic mass is 79.9. The number of thiophene rings is 1. The molecule has 2 heterocycles. The highest BCUT2D eigenvalue weighted by Gasteiger charge is 2.20. The van der Waals surface area contributed by atoms with Gasteiger partial charge >= 0.3 is 0 Å².